The minimum Gasteiger partial charge on any atom is -0.335 e. The third kappa shape index (κ3) is 2.72. The highest BCUT2D eigenvalue weighted by molar-refractivity contribution is 5.79. The van der Waals surface area contributed by atoms with Crippen molar-refractivity contribution < 1.29 is 9.18 Å². The van der Waals surface area contributed by atoms with Crippen molar-refractivity contribution in [3.63, 3.8) is 0 Å². The molecule has 3 heteroatoms. The number of hydrogen-bond acceptors (Lipinski definition) is 1. The van der Waals surface area contributed by atoms with Gasteiger partial charge in [-0.15, -0.1) is 0 Å². The van der Waals surface area contributed by atoms with Crippen molar-refractivity contribution in [3.8, 4) is 0 Å². The fraction of sp³-hybridized carbons (Fsp3) is 0.588. The minimum absolute atomic E-state index is 0.157. The summed E-state index contributed by atoms with van der Waals surface area (Å²) >= 11 is 0. The molecular formula is C17H22FNO. The topological polar surface area (TPSA) is 20.3 Å². The number of benzene rings is 1. The zero-order valence-corrected chi connectivity index (χ0v) is 11.9. The van der Waals surface area contributed by atoms with E-state index >= 15 is 0 Å². The Hall–Kier alpha value is -1.38. The SMILES string of the molecule is O=C(C1CCCCC1)N1CCCC1c1ccc(F)cc1. The Kier molecular flexibility index (Phi) is 4.04. The number of amides is 1. The molecule has 1 saturated heterocycles. The molecule has 1 unspecified atom stereocenters. The molecule has 2 fully saturated rings. The van der Waals surface area contributed by atoms with Crippen LogP contribution >= 0.6 is 0 Å². The van der Waals surface area contributed by atoms with Gasteiger partial charge >= 0.3 is 0 Å². The van der Waals surface area contributed by atoms with E-state index in [0.29, 0.717) is 5.91 Å². The molecule has 0 spiro atoms. The molecule has 1 saturated carbocycles. The van der Waals surface area contributed by atoms with Crippen LogP contribution < -0.4 is 0 Å². The maximum absolute atomic E-state index is 13.0. The summed E-state index contributed by atoms with van der Waals surface area (Å²) in [5.74, 6) is 0.346. The Morgan fingerprint density at radius 2 is 1.70 bits per heavy atom. The molecule has 1 atom stereocenters. The standard InChI is InChI=1S/C17H22FNO/c18-15-10-8-13(9-11-15)16-7-4-12-19(16)17(20)14-5-2-1-3-6-14/h8-11,14,16H,1-7,12H2. The molecule has 3 rings (SSSR count). The lowest BCUT2D eigenvalue weighted by Gasteiger charge is -2.31. The quantitative estimate of drug-likeness (QED) is 0.796. The summed E-state index contributed by atoms with van der Waals surface area (Å²) in [6, 6.07) is 6.80. The average molecular weight is 275 g/mol. The zero-order chi connectivity index (χ0) is 13.9. The van der Waals surface area contributed by atoms with Crippen LogP contribution in [0.5, 0.6) is 0 Å². The summed E-state index contributed by atoms with van der Waals surface area (Å²) in [5.41, 5.74) is 1.08. The zero-order valence-electron chi connectivity index (χ0n) is 11.9. The largest absolute Gasteiger partial charge is 0.335 e. The summed E-state index contributed by atoms with van der Waals surface area (Å²) in [6.07, 6.45) is 7.80. The molecule has 1 aromatic rings. The second-order valence-corrected chi connectivity index (χ2v) is 6.08. The summed E-state index contributed by atoms with van der Waals surface area (Å²) in [6.45, 7) is 0.859. The molecule has 2 nitrogen and oxygen atoms in total. The summed E-state index contributed by atoms with van der Waals surface area (Å²) in [7, 11) is 0. The van der Waals surface area contributed by atoms with Crippen LogP contribution in [0.3, 0.4) is 0 Å². The highest BCUT2D eigenvalue weighted by Crippen LogP contribution is 2.35. The number of rotatable bonds is 2. The van der Waals surface area contributed by atoms with Gasteiger partial charge in [-0.05, 0) is 43.4 Å². The van der Waals surface area contributed by atoms with Gasteiger partial charge in [-0.2, -0.15) is 0 Å². The smallest absolute Gasteiger partial charge is 0.226 e. The van der Waals surface area contributed by atoms with Crippen molar-refractivity contribution >= 4 is 5.91 Å². The second kappa shape index (κ2) is 5.94. The molecule has 0 bridgehead atoms. The molecule has 2 aliphatic rings. The molecule has 0 N–H and O–H groups in total. The van der Waals surface area contributed by atoms with Gasteiger partial charge in [0.25, 0.3) is 0 Å². The Morgan fingerprint density at radius 1 is 1.00 bits per heavy atom. The van der Waals surface area contributed by atoms with E-state index in [2.05, 4.69) is 0 Å². The number of halogens is 1. The van der Waals surface area contributed by atoms with Crippen LogP contribution in [-0.2, 0) is 4.79 Å². The predicted octanol–water partition coefficient (Wildman–Crippen LogP) is 4.07. The van der Waals surface area contributed by atoms with Gasteiger partial charge in [0.1, 0.15) is 5.82 Å². The van der Waals surface area contributed by atoms with Gasteiger partial charge in [-0.25, -0.2) is 4.39 Å². The van der Waals surface area contributed by atoms with Crippen LogP contribution in [0.15, 0.2) is 24.3 Å². The molecule has 1 aliphatic carbocycles. The van der Waals surface area contributed by atoms with Gasteiger partial charge in [0.05, 0.1) is 6.04 Å². The second-order valence-electron chi connectivity index (χ2n) is 6.08. The highest BCUT2D eigenvalue weighted by Gasteiger charge is 2.34. The first-order chi connectivity index (χ1) is 9.75. The van der Waals surface area contributed by atoms with E-state index in [-0.39, 0.29) is 17.8 Å². The van der Waals surface area contributed by atoms with E-state index in [0.717, 1.165) is 37.8 Å². The average Bonchev–Trinajstić information content (AvgIpc) is 2.97. The van der Waals surface area contributed by atoms with Crippen molar-refractivity contribution in [1.82, 2.24) is 4.90 Å². The maximum atomic E-state index is 13.0. The Morgan fingerprint density at radius 3 is 2.40 bits per heavy atom. The first-order valence-corrected chi connectivity index (χ1v) is 7.81. The molecule has 1 heterocycles. The van der Waals surface area contributed by atoms with E-state index in [4.69, 9.17) is 0 Å². The Balaban J connectivity index is 1.74. The van der Waals surface area contributed by atoms with Crippen molar-refractivity contribution in [2.75, 3.05) is 6.54 Å². The van der Waals surface area contributed by atoms with Crippen LogP contribution in [0.4, 0.5) is 4.39 Å². The normalized spacial score (nSPS) is 24.1. The first-order valence-electron chi connectivity index (χ1n) is 7.81. The number of nitrogens with zero attached hydrogens (tertiary/aromatic N) is 1. The van der Waals surface area contributed by atoms with Crippen LogP contribution in [0.2, 0.25) is 0 Å². The first kappa shape index (κ1) is 13.6. The highest BCUT2D eigenvalue weighted by atomic mass is 19.1. The fourth-order valence-electron chi connectivity index (χ4n) is 3.65. The van der Waals surface area contributed by atoms with Crippen molar-refractivity contribution in [1.29, 1.82) is 0 Å². The van der Waals surface area contributed by atoms with Gasteiger partial charge in [0.15, 0.2) is 0 Å². The molecule has 1 aliphatic heterocycles. The van der Waals surface area contributed by atoms with Gasteiger partial charge in [0.2, 0.25) is 5.91 Å². The molecule has 0 aromatic heterocycles. The van der Waals surface area contributed by atoms with E-state index in [1.165, 1.54) is 31.4 Å². The van der Waals surface area contributed by atoms with E-state index in [1.807, 2.05) is 17.0 Å². The van der Waals surface area contributed by atoms with Crippen LogP contribution in [0, 0.1) is 11.7 Å². The van der Waals surface area contributed by atoms with Crippen molar-refractivity contribution in [3.05, 3.63) is 35.6 Å². The lowest BCUT2D eigenvalue weighted by Crippen LogP contribution is -2.36. The van der Waals surface area contributed by atoms with Crippen LogP contribution in [0.25, 0.3) is 0 Å². The summed E-state index contributed by atoms with van der Waals surface area (Å²) in [5, 5.41) is 0. The monoisotopic (exact) mass is 275 g/mol. The maximum Gasteiger partial charge on any atom is 0.226 e. The van der Waals surface area contributed by atoms with Gasteiger partial charge < -0.3 is 4.90 Å². The Bertz CT molecular complexity index is 464. The molecule has 1 aromatic carbocycles. The van der Waals surface area contributed by atoms with Gasteiger partial charge in [-0.3, -0.25) is 4.79 Å². The summed E-state index contributed by atoms with van der Waals surface area (Å²) < 4.78 is 13.0. The molecule has 20 heavy (non-hydrogen) atoms. The minimum atomic E-state index is -0.211. The number of likely N-dealkylation sites (tertiary alicyclic amines) is 1. The molecule has 0 radical (unpaired) electrons. The van der Waals surface area contributed by atoms with E-state index < -0.39 is 0 Å². The van der Waals surface area contributed by atoms with E-state index in [1.54, 1.807) is 0 Å². The van der Waals surface area contributed by atoms with Crippen molar-refractivity contribution in [2.45, 2.75) is 51.0 Å². The predicted molar refractivity (Wildman–Crippen MR) is 76.7 cm³/mol. The number of carbonyl (C=O) groups excluding carboxylic acids is 1. The van der Waals surface area contributed by atoms with E-state index in [9.17, 15) is 9.18 Å². The number of carbonyl (C=O) groups is 1. The van der Waals surface area contributed by atoms with Gasteiger partial charge in [-0.1, -0.05) is 31.4 Å². The summed E-state index contributed by atoms with van der Waals surface area (Å²) in [4.78, 5) is 14.7. The molecule has 108 valence electrons. The van der Waals surface area contributed by atoms with Gasteiger partial charge in [0, 0.05) is 12.5 Å². The molecular weight excluding hydrogens is 253 g/mol. The lowest BCUT2D eigenvalue weighted by molar-refractivity contribution is -0.137. The third-order valence-electron chi connectivity index (χ3n) is 4.75. The third-order valence-corrected chi connectivity index (χ3v) is 4.75. The fourth-order valence-corrected chi connectivity index (χ4v) is 3.65. The molecule has 1 amide bonds. The van der Waals surface area contributed by atoms with Crippen molar-refractivity contribution in [2.24, 2.45) is 5.92 Å². The lowest BCUT2D eigenvalue weighted by atomic mass is 9.88. The Labute approximate surface area is 120 Å². The van der Waals surface area contributed by atoms with Crippen LogP contribution in [-0.4, -0.2) is 17.4 Å². The van der Waals surface area contributed by atoms with Crippen LogP contribution in [0.1, 0.15) is 56.6 Å². The number of hydrogen-bond donors (Lipinski definition) is 0.